The molecule has 2 amide bonds. The molecule has 5 rings (SSSR count). The maximum Gasteiger partial charge on any atom is 0.255 e. The van der Waals surface area contributed by atoms with Crippen LogP contribution in [0.3, 0.4) is 0 Å². The van der Waals surface area contributed by atoms with Gasteiger partial charge in [-0.1, -0.05) is 6.07 Å². The molecular weight excluding hydrogens is 552 g/mol. The number of fused-ring (bicyclic) bond motifs is 3. The Labute approximate surface area is 238 Å². The number of phenols is 1. The highest BCUT2D eigenvalue weighted by Crippen LogP contribution is 2.53. The van der Waals surface area contributed by atoms with E-state index in [0.717, 1.165) is 0 Å². The van der Waals surface area contributed by atoms with Crippen molar-refractivity contribution in [3.8, 4) is 16.9 Å². The first-order chi connectivity index (χ1) is 19.8. The quantitative estimate of drug-likeness (QED) is 0.141. The highest BCUT2D eigenvalue weighted by Gasteiger charge is 2.63. The lowest BCUT2D eigenvalue weighted by Gasteiger charge is -2.50. The molecule has 14 heteroatoms. The van der Waals surface area contributed by atoms with Crippen molar-refractivity contribution in [2.24, 2.45) is 17.6 Å². The Morgan fingerprint density at radius 2 is 1.88 bits per heavy atom. The molecule has 0 saturated heterocycles. The van der Waals surface area contributed by atoms with E-state index in [9.17, 15) is 39.6 Å². The molecule has 2 aromatic rings. The van der Waals surface area contributed by atoms with Gasteiger partial charge in [-0.05, 0) is 62.2 Å². The number of aliphatic hydroxyl groups excluding tert-OH is 2. The van der Waals surface area contributed by atoms with E-state index in [2.05, 4.69) is 15.2 Å². The van der Waals surface area contributed by atoms with Crippen molar-refractivity contribution >= 4 is 29.2 Å². The van der Waals surface area contributed by atoms with Gasteiger partial charge in [0, 0.05) is 23.3 Å². The number of primary amides is 1. The van der Waals surface area contributed by atoms with E-state index >= 15 is 0 Å². The van der Waals surface area contributed by atoms with Crippen LogP contribution in [0.5, 0.6) is 5.75 Å². The molecular formula is C28H28N4O10. The van der Waals surface area contributed by atoms with Crippen LogP contribution in [-0.4, -0.2) is 91.3 Å². The number of aromatic hydroxyl groups is 1. The molecule has 0 radical (unpaired) electrons. The largest absolute Gasteiger partial charge is 0.510 e. The zero-order chi connectivity index (χ0) is 30.7. The van der Waals surface area contributed by atoms with Gasteiger partial charge in [-0.15, -0.1) is 0 Å². The number of nitrogens with zero attached hydrogens (tertiary/aromatic N) is 2. The molecule has 4 atom stereocenters. The lowest BCUT2D eigenvalue weighted by atomic mass is 9.58. The van der Waals surface area contributed by atoms with Gasteiger partial charge in [0.05, 0.1) is 11.6 Å². The van der Waals surface area contributed by atoms with Crippen LogP contribution in [0.2, 0.25) is 0 Å². The van der Waals surface area contributed by atoms with Crippen molar-refractivity contribution in [2.75, 3.05) is 26.0 Å². The summed E-state index contributed by atoms with van der Waals surface area (Å²) in [4.78, 5) is 60.5. The molecule has 3 aliphatic rings. The number of phenolic OH excluding ortho intramolecular Hbond substituents is 1. The van der Waals surface area contributed by atoms with Gasteiger partial charge in [0.2, 0.25) is 5.78 Å². The smallest absolute Gasteiger partial charge is 0.255 e. The number of aromatic nitrogens is 1. The second-order valence-corrected chi connectivity index (χ2v) is 10.7. The average molecular weight is 581 g/mol. The standard InChI is InChI=1S/C28H28N4O10/c1-32(2)22-15-8-12-7-14-13(11-3-6-17(30-9-11)31-18(34)10-42-41)4-5-16(33)20(14)23(35)19(12)25(37)28(15,40)26(38)21(24(22)36)27(29)39/h3-6,9,12,15,22,33,36-37,40-41H,7-8,10H2,1-2H3,(H2,29,39)(H,30,31,34)/t12-,15-,22-,28-/m0/s1. The molecule has 1 aromatic heterocycles. The third-order valence-corrected chi connectivity index (χ3v) is 8.14. The number of hydrogen-bond acceptors (Lipinski definition) is 12. The third kappa shape index (κ3) is 4.23. The first kappa shape index (κ1) is 28.9. The number of rotatable bonds is 6. The Balaban J connectivity index is 1.61. The fourth-order valence-electron chi connectivity index (χ4n) is 6.39. The van der Waals surface area contributed by atoms with Gasteiger partial charge in [-0.3, -0.25) is 29.3 Å². The summed E-state index contributed by atoms with van der Waals surface area (Å²) in [6.45, 7) is -0.588. The van der Waals surface area contributed by atoms with E-state index < -0.39 is 70.6 Å². The Morgan fingerprint density at radius 1 is 1.17 bits per heavy atom. The van der Waals surface area contributed by atoms with E-state index in [-0.39, 0.29) is 35.5 Å². The number of amides is 2. The summed E-state index contributed by atoms with van der Waals surface area (Å²) in [7, 11) is 3.11. The van der Waals surface area contributed by atoms with E-state index in [1.54, 1.807) is 26.2 Å². The van der Waals surface area contributed by atoms with E-state index in [1.165, 1.54) is 23.2 Å². The number of aliphatic hydroxyl groups is 3. The fourth-order valence-corrected chi connectivity index (χ4v) is 6.39. The number of anilines is 1. The van der Waals surface area contributed by atoms with E-state index in [0.29, 0.717) is 16.7 Å². The van der Waals surface area contributed by atoms with Crippen LogP contribution in [-0.2, 0) is 25.7 Å². The molecule has 8 N–H and O–H groups in total. The molecule has 3 aliphatic carbocycles. The third-order valence-electron chi connectivity index (χ3n) is 8.14. The molecule has 0 fully saturated rings. The highest BCUT2D eigenvalue weighted by molar-refractivity contribution is 6.25. The molecule has 220 valence electrons. The maximum absolute atomic E-state index is 13.9. The van der Waals surface area contributed by atoms with Crippen LogP contribution in [0.4, 0.5) is 5.82 Å². The lowest BCUT2D eigenvalue weighted by molar-refractivity contribution is -0.237. The molecule has 1 heterocycles. The summed E-state index contributed by atoms with van der Waals surface area (Å²) in [5.74, 6) is -7.72. The van der Waals surface area contributed by atoms with Gasteiger partial charge in [0.15, 0.2) is 18.0 Å². The summed E-state index contributed by atoms with van der Waals surface area (Å²) in [6, 6.07) is 4.90. The Bertz CT molecular complexity index is 1600. The maximum atomic E-state index is 13.9. The number of hydrogen-bond donors (Lipinski definition) is 7. The van der Waals surface area contributed by atoms with Gasteiger partial charge in [-0.25, -0.2) is 9.87 Å². The number of pyridine rings is 1. The minimum atomic E-state index is -2.72. The summed E-state index contributed by atoms with van der Waals surface area (Å²) < 4.78 is 0. The molecule has 42 heavy (non-hydrogen) atoms. The van der Waals surface area contributed by atoms with Crippen molar-refractivity contribution < 1.29 is 49.7 Å². The highest BCUT2D eigenvalue weighted by atomic mass is 17.1. The topological polar surface area (TPSA) is 233 Å². The number of Topliss-reactive ketones (excluding diaryl/α,β-unsaturated/α-hetero) is 2. The molecule has 14 nitrogen and oxygen atoms in total. The number of likely N-dealkylation sites (N-methyl/N-ethyl adjacent to an activating group) is 1. The summed E-state index contributed by atoms with van der Waals surface area (Å²) in [5, 5.41) is 55.6. The predicted octanol–water partition coefficient (Wildman–Crippen LogP) is 0.611. The molecule has 0 bridgehead atoms. The van der Waals surface area contributed by atoms with Crippen LogP contribution in [0.15, 0.2) is 53.1 Å². The second kappa shape index (κ2) is 10.3. The number of carbonyl (C=O) groups excluding carboxylic acids is 4. The van der Waals surface area contributed by atoms with Crippen LogP contribution < -0.4 is 11.1 Å². The molecule has 0 unspecified atom stereocenters. The number of nitrogens with one attached hydrogen (secondary N) is 1. The van der Waals surface area contributed by atoms with Gasteiger partial charge >= 0.3 is 0 Å². The van der Waals surface area contributed by atoms with Crippen molar-refractivity contribution in [3.05, 3.63) is 64.3 Å². The van der Waals surface area contributed by atoms with Crippen LogP contribution in [0.1, 0.15) is 22.3 Å². The van der Waals surface area contributed by atoms with Gasteiger partial charge < -0.3 is 31.5 Å². The number of ketones is 2. The minimum absolute atomic E-state index is 0.0446. The van der Waals surface area contributed by atoms with Crippen LogP contribution in [0.25, 0.3) is 11.1 Å². The number of carbonyl (C=O) groups is 4. The van der Waals surface area contributed by atoms with Crippen LogP contribution in [0, 0.1) is 11.8 Å². The number of benzene rings is 1. The molecule has 0 aliphatic heterocycles. The van der Waals surface area contributed by atoms with E-state index in [1.807, 2.05) is 0 Å². The minimum Gasteiger partial charge on any atom is -0.510 e. The van der Waals surface area contributed by atoms with Crippen molar-refractivity contribution in [1.82, 2.24) is 9.88 Å². The Morgan fingerprint density at radius 3 is 2.48 bits per heavy atom. The van der Waals surface area contributed by atoms with Crippen molar-refractivity contribution in [2.45, 2.75) is 24.5 Å². The SMILES string of the molecule is CN(C)[C@@H]1C(O)=C(C(N)=O)C(=O)[C@@]2(O)C(O)=C3C(=O)c4c(O)ccc(-c5ccc(NC(=O)COO)nc5)c4C[C@H]3C[C@@H]12. The lowest BCUT2D eigenvalue weighted by Crippen LogP contribution is -2.63. The zero-order valence-electron chi connectivity index (χ0n) is 22.5. The first-order valence-electron chi connectivity index (χ1n) is 12.8. The first-order valence-corrected chi connectivity index (χ1v) is 12.8. The average Bonchev–Trinajstić information content (AvgIpc) is 2.91. The predicted molar refractivity (Wildman–Crippen MR) is 144 cm³/mol. The number of nitrogens with two attached hydrogens (primary N) is 1. The summed E-state index contributed by atoms with van der Waals surface area (Å²) in [6.07, 6.45) is 1.49. The van der Waals surface area contributed by atoms with Crippen molar-refractivity contribution in [3.63, 3.8) is 0 Å². The van der Waals surface area contributed by atoms with Crippen molar-refractivity contribution in [1.29, 1.82) is 0 Å². The van der Waals surface area contributed by atoms with E-state index in [4.69, 9.17) is 11.0 Å². The molecule has 0 saturated carbocycles. The zero-order valence-corrected chi connectivity index (χ0v) is 22.5. The molecule has 1 aromatic carbocycles. The Kier molecular flexibility index (Phi) is 7.10. The Hall–Kier alpha value is -4.63. The van der Waals surface area contributed by atoms with Gasteiger partial charge in [0.1, 0.15) is 28.7 Å². The fraction of sp³-hybridized carbons (Fsp3) is 0.321. The molecule has 0 spiro atoms. The normalized spacial score (nSPS) is 25.2. The number of allylic oxidation sites excluding steroid dienone is 1. The van der Waals surface area contributed by atoms with Gasteiger partial charge in [0.25, 0.3) is 11.8 Å². The summed E-state index contributed by atoms with van der Waals surface area (Å²) in [5.41, 5.74) is 2.86. The second-order valence-electron chi connectivity index (χ2n) is 10.7. The monoisotopic (exact) mass is 580 g/mol. The van der Waals surface area contributed by atoms with Gasteiger partial charge in [-0.2, -0.15) is 0 Å². The summed E-state index contributed by atoms with van der Waals surface area (Å²) >= 11 is 0. The van der Waals surface area contributed by atoms with Crippen LogP contribution >= 0.6 is 0 Å².